The molecule has 1 unspecified atom stereocenters. The van der Waals surface area contributed by atoms with E-state index in [1.54, 1.807) is 0 Å². The maximum absolute atomic E-state index is 13.0. The van der Waals surface area contributed by atoms with E-state index in [9.17, 15) is 9.59 Å². The smallest absolute Gasteiger partial charge is 0.251 e. The van der Waals surface area contributed by atoms with Crippen LogP contribution in [0.25, 0.3) is 38.9 Å². The van der Waals surface area contributed by atoms with Gasteiger partial charge >= 0.3 is 0 Å². The molecule has 7 aromatic carbocycles. The van der Waals surface area contributed by atoms with Crippen molar-refractivity contribution < 1.29 is 14.2 Å². The molecule has 0 fully saturated rings. The summed E-state index contributed by atoms with van der Waals surface area (Å²) in [6, 6.07) is 48.2. The van der Waals surface area contributed by atoms with Gasteiger partial charge in [-0.25, -0.2) is 9.98 Å². The molecule has 0 saturated heterocycles. The Labute approximate surface area is 473 Å². The highest BCUT2D eigenvalue weighted by molar-refractivity contribution is 9.11. The van der Waals surface area contributed by atoms with Crippen molar-refractivity contribution in [2.75, 3.05) is 47.9 Å². The second-order valence-corrected chi connectivity index (χ2v) is 21.8. The van der Waals surface area contributed by atoms with Gasteiger partial charge in [-0.1, -0.05) is 86.3 Å². The number of rotatable bonds is 21. The van der Waals surface area contributed by atoms with Crippen LogP contribution in [0.3, 0.4) is 0 Å². The SMILES string of the molecule is CC1=CC2=Nc3cc(Br)c(N)cc3N(c3ccccc3)C2C=C1NCCCCCCNC(=O)c1ccc(-c2ccc(C(=O)NCCCCCCNc3cc4c(cc3C)nc3cc(Br)c(N)cc3[n+]4-c3ccccc3)cc2)cc1. The molecule has 1 aromatic heterocycles. The van der Waals surface area contributed by atoms with Crippen molar-refractivity contribution in [2.45, 2.75) is 71.3 Å². The molecular weight excluding hydrogens is 1100 g/mol. The second-order valence-electron chi connectivity index (χ2n) is 20.1. The second kappa shape index (κ2) is 24.7. The molecule has 2 amide bonds. The number of carbonyl (C=O) groups is 2. The minimum Gasteiger partial charge on any atom is -0.398 e. The summed E-state index contributed by atoms with van der Waals surface area (Å²) in [6.07, 6.45) is 12.4. The number of nitrogens with two attached hydrogens (primary N) is 2. The largest absolute Gasteiger partial charge is 0.398 e. The average molecular weight is 1170 g/mol. The minimum absolute atomic E-state index is 0.0675. The first-order chi connectivity index (χ1) is 38.0. The van der Waals surface area contributed by atoms with Crippen LogP contribution in [0.4, 0.5) is 34.1 Å². The van der Waals surface area contributed by atoms with Crippen molar-refractivity contribution in [2.24, 2.45) is 4.99 Å². The van der Waals surface area contributed by atoms with Crippen LogP contribution >= 0.6 is 31.9 Å². The molecule has 12 nitrogen and oxygen atoms in total. The number of benzene rings is 7. The van der Waals surface area contributed by atoms with Gasteiger partial charge in [0.15, 0.2) is 0 Å². The van der Waals surface area contributed by atoms with Gasteiger partial charge in [-0.3, -0.25) is 9.59 Å². The number of halogens is 2. The summed E-state index contributed by atoms with van der Waals surface area (Å²) < 4.78 is 3.89. The molecule has 1 aliphatic heterocycles. The van der Waals surface area contributed by atoms with Crippen LogP contribution in [-0.2, 0) is 0 Å². The van der Waals surface area contributed by atoms with Gasteiger partial charge in [0.05, 0.1) is 28.8 Å². The maximum Gasteiger partial charge on any atom is 0.251 e. The number of carbonyl (C=O) groups excluding carboxylic acids is 2. The zero-order chi connectivity index (χ0) is 54.1. The Morgan fingerprint density at radius 3 is 1.77 bits per heavy atom. The summed E-state index contributed by atoms with van der Waals surface area (Å²) in [5.74, 6) is -0.155. The molecule has 14 heteroatoms. The van der Waals surface area contributed by atoms with Gasteiger partial charge in [-0.15, -0.1) is 4.57 Å². The zero-order valence-corrected chi connectivity index (χ0v) is 47.3. The van der Waals surface area contributed by atoms with E-state index in [1.807, 2.05) is 97.1 Å². The van der Waals surface area contributed by atoms with Gasteiger partial charge in [0.1, 0.15) is 11.0 Å². The first-order valence-electron chi connectivity index (χ1n) is 27.0. The summed E-state index contributed by atoms with van der Waals surface area (Å²) in [7, 11) is 0. The highest BCUT2D eigenvalue weighted by atomic mass is 79.9. The number of fused-ring (bicyclic) bond motifs is 4. The van der Waals surface area contributed by atoms with Crippen LogP contribution in [0.1, 0.15) is 84.6 Å². The third kappa shape index (κ3) is 12.3. The van der Waals surface area contributed by atoms with Gasteiger partial charge < -0.3 is 37.6 Å². The fourth-order valence-corrected chi connectivity index (χ4v) is 10.9. The number of amides is 2. The molecule has 0 saturated carbocycles. The van der Waals surface area contributed by atoms with Crippen molar-refractivity contribution >= 4 is 106 Å². The highest BCUT2D eigenvalue weighted by Gasteiger charge is 2.33. The average Bonchev–Trinajstić information content (AvgIpc) is 3.60. The molecule has 2 aliphatic rings. The van der Waals surface area contributed by atoms with E-state index in [2.05, 4.69) is 137 Å². The molecule has 0 spiro atoms. The van der Waals surface area contributed by atoms with Crippen LogP contribution < -0.4 is 42.2 Å². The van der Waals surface area contributed by atoms with Crippen LogP contribution in [0.15, 0.2) is 183 Å². The van der Waals surface area contributed by atoms with Crippen molar-refractivity contribution in [3.63, 3.8) is 0 Å². The van der Waals surface area contributed by atoms with Crippen molar-refractivity contribution in [1.29, 1.82) is 0 Å². The van der Waals surface area contributed by atoms with Crippen molar-refractivity contribution in [1.82, 2.24) is 20.9 Å². The van der Waals surface area contributed by atoms with Gasteiger partial charge in [0, 0.05) is 93.3 Å². The molecule has 78 heavy (non-hydrogen) atoms. The predicted molar refractivity (Wildman–Crippen MR) is 327 cm³/mol. The standard InChI is InChI=1S/C64H64Br2N10O2/c1-41-33-55-61(75(47-17-9-7-10-18-47)59-37-51(67)49(65)35-57(59)73-55)39-53(41)69-29-13-3-5-15-31-71-63(77)45-25-21-43(22-26-45)44-23-27-46(28-24-44)64(78)72-32-16-6-4-14-30-70-54-40-62-56(34-42(54)2)74-58-36-50(66)52(68)38-60(58)76(62)48-19-11-8-12-20-48/h7-12,17-28,33-40,61,69H,3-6,13-16,29-32,67H2,1-2H3,(H4,68,70,71,72,77,78)/p+1. The Hall–Kier alpha value is -7.81. The molecule has 0 bridgehead atoms. The summed E-state index contributed by atoms with van der Waals surface area (Å²) >= 11 is 7.17. The fourth-order valence-electron chi connectivity index (χ4n) is 10.3. The Balaban J connectivity index is 0.613. The molecule has 10 rings (SSSR count). The number of aryl methyl sites for hydroxylation is 1. The van der Waals surface area contributed by atoms with E-state index >= 15 is 0 Å². The molecule has 396 valence electrons. The van der Waals surface area contributed by atoms with Crippen LogP contribution in [0, 0.1) is 6.92 Å². The fraction of sp³-hybridized carbons (Fsp3) is 0.234. The monoisotopic (exact) mass is 1160 g/mol. The predicted octanol–water partition coefficient (Wildman–Crippen LogP) is 13.7. The van der Waals surface area contributed by atoms with E-state index in [0.29, 0.717) is 35.6 Å². The van der Waals surface area contributed by atoms with Crippen molar-refractivity contribution in [3.8, 4) is 16.8 Å². The Morgan fingerprint density at radius 1 is 0.603 bits per heavy atom. The van der Waals surface area contributed by atoms with E-state index in [1.165, 1.54) is 0 Å². The molecule has 2 heterocycles. The number of allylic oxidation sites excluding steroid dienone is 1. The summed E-state index contributed by atoms with van der Waals surface area (Å²) in [5, 5.41) is 13.5. The van der Waals surface area contributed by atoms with Gasteiger partial charge in [0.25, 0.3) is 11.8 Å². The van der Waals surface area contributed by atoms with Gasteiger partial charge in [-0.2, -0.15) is 0 Å². The Morgan fingerprint density at radius 2 is 1.14 bits per heavy atom. The first kappa shape index (κ1) is 53.6. The van der Waals surface area contributed by atoms with E-state index in [0.717, 1.165) is 158 Å². The molecule has 1 aliphatic carbocycles. The molecular formula is C64H65Br2N10O2+. The zero-order valence-electron chi connectivity index (χ0n) is 44.1. The van der Waals surface area contributed by atoms with Gasteiger partial charge in [0.2, 0.25) is 16.7 Å². The number of para-hydroxylation sites is 2. The first-order valence-corrected chi connectivity index (χ1v) is 28.6. The van der Waals surface area contributed by atoms with Gasteiger partial charge in [-0.05, 0) is 166 Å². The summed E-state index contributed by atoms with van der Waals surface area (Å²) in [4.78, 5) is 38.4. The molecule has 0 radical (unpaired) electrons. The quantitative estimate of drug-likeness (QED) is 0.0179. The number of nitrogens with zero attached hydrogens (tertiary/aromatic N) is 4. The lowest BCUT2D eigenvalue weighted by Gasteiger charge is -2.38. The van der Waals surface area contributed by atoms with E-state index in [4.69, 9.17) is 21.4 Å². The van der Waals surface area contributed by atoms with E-state index < -0.39 is 0 Å². The minimum atomic E-state index is -0.0780. The summed E-state index contributed by atoms with van der Waals surface area (Å²) in [5.41, 5.74) is 30.5. The van der Waals surface area contributed by atoms with Crippen LogP contribution in [0.5, 0.6) is 0 Å². The Kier molecular flexibility index (Phi) is 16.9. The Bertz CT molecular complexity index is 3590. The third-order valence-corrected chi connectivity index (χ3v) is 15.9. The normalized spacial score (nSPS) is 13.8. The lowest BCUT2D eigenvalue weighted by atomic mass is 9.94. The van der Waals surface area contributed by atoms with Crippen LogP contribution in [-0.4, -0.2) is 54.7 Å². The lowest BCUT2D eigenvalue weighted by molar-refractivity contribution is -0.538. The van der Waals surface area contributed by atoms with E-state index in [-0.39, 0.29) is 17.9 Å². The molecule has 8 N–H and O–H groups in total. The third-order valence-electron chi connectivity index (χ3n) is 14.5. The summed E-state index contributed by atoms with van der Waals surface area (Å²) in [6.45, 7) is 7.19. The van der Waals surface area contributed by atoms with Crippen LogP contribution in [0.2, 0.25) is 0 Å². The lowest BCUT2D eigenvalue weighted by Crippen LogP contribution is -2.41. The number of nitrogens with one attached hydrogen (secondary N) is 4. The molecule has 1 atom stereocenters. The molecule has 8 aromatic rings. The number of aromatic nitrogens is 2. The number of aliphatic imine (C=N–C) groups is 1. The number of hydrogen-bond acceptors (Lipinski definition) is 9. The highest BCUT2D eigenvalue weighted by Crippen LogP contribution is 2.45. The van der Waals surface area contributed by atoms with Crippen molar-refractivity contribution in [3.05, 3.63) is 195 Å². The maximum atomic E-state index is 13.0. The number of hydrogen-bond donors (Lipinski definition) is 6. The number of unbranched alkanes of at least 4 members (excludes halogenated alkanes) is 6. The number of anilines is 5. The topological polar surface area (TPSA) is 167 Å². The number of nitrogen functional groups attached to an aromatic ring is 2.